The highest BCUT2D eigenvalue weighted by Crippen LogP contribution is 2.16. The molecule has 2 heterocycles. The zero-order valence-electron chi connectivity index (χ0n) is 9.80. The van der Waals surface area contributed by atoms with E-state index < -0.39 is 11.5 Å². The Bertz CT molecular complexity index is 575. The Labute approximate surface area is 97.5 Å². The van der Waals surface area contributed by atoms with Crippen molar-refractivity contribution in [2.75, 3.05) is 5.32 Å². The smallest absolute Gasteiger partial charge is 0.328 e. The monoisotopic (exact) mass is 235 g/mol. The van der Waals surface area contributed by atoms with Gasteiger partial charge in [-0.3, -0.25) is 0 Å². The number of carboxylic acid groups (broad SMARTS) is 1. The first-order valence-corrected chi connectivity index (χ1v) is 5.09. The maximum atomic E-state index is 11.1. The highest BCUT2D eigenvalue weighted by Gasteiger charge is 2.27. The molecule has 2 aromatic heterocycles. The summed E-state index contributed by atoms with van der Waals surface area (Å²) in [5.41, 5.74) is -0.346. The number of aromatic nitrogens is 4. The summed E-state index contributed by atoms with van der Waals surface area (Å²) in [6, 6.07) is 1.73. The van der Waals surface area contributed by atoms with Crippen LogP contribution in [0.1, 0.15) is 19.5 Å². The van der Waals surface area contributed by atoms with Crippen molar-refractivity contribution >= 4 is 17.6 Å². The first-order valence-electron chi connectivity index (χ1n) is 5.09. The van der Waals surface area contributed by atoms with Crippen LogP contribution in [0.25, 0.3) is 5.78 Å². The van der Waals surface area contributed by atoms with Gasteiger partial charge in [0.25, 0.3) is 5.78 Å². The molecule has 0 aliphatic heterocycles. The van der Waals surface area contributed by atoms with Gasteiger partial charge < -0.3 is 10.4 Å². The maximum Gasteiger partial charge on any atom is 0.328 e. The van der Waals surface area contributed by atoms with Crippen LogP contribution in [0.5, 0.6) is 0 Å². The Kier molecular flexibility index (Phi) is 2.45. The summed E-state index contributed by atoms with van der Waals surface area (Å²) >= 11 is 0. The number of fused-ring (bicyclic) bond motifs is 1. The van der Waals surface area contributed by atoms with Crippen molar-refractivity contribution in [3.05, 3.63) is 18.1 Å². The number of carbonyl (C=O) groups is 1. The maximum absolute atomic E-state index is 11.1. The van der Waals surface area contributed by atoms with E-state index in [0.717, 1.165) is 5.69 Å². The van der Waals surface area contributed by atoms with Crippen molar-refractivity contribution in [1.29, 1.82) is 0 Å². The van der Waals surface area contributed by atoms with E-state index in [4.69, 9.17) is 5.11 Å². The van der Waals surface area contributed by atoms with Crippen LogP contribution in [0.15, 0.2) is 12.4 Å². The predicted molar refractivity (Wildman–Crippen MR) is 60.9 cm³/mol. The number of hydrogen-bond donors (Lipinski definition) is 2. The van der Waals surface area contributed by atoms with Crippen LogP contribution < -0.4 is 5.32 Å². The third-order valence-electron chi connectivity index (χ3n) is 2.36. The second-order valence-corrected chi connectivity index (χ2v) is 4.31. The lowest BCUT2D eigenvalue weighted by molar-refractivity contribution is -0.141. The largest absolute Gasteiger partial charge is 0.480 e. The third kappa shape index (κ3) is 2.03. The molecule has 0 saturated carbocycles. The SMILES string of the molecule is Cc1cc(NC(C)(C)C(=O)O)n2ncnc2n1. The van der Waals surface area contributed by atoms with Crippen LogP contribution in [0, 0.1) is 6.92 Å². The van der Waals surface area contributed by atoms with Gasteiger partial charge in [-0.15, -0.1) is 0 Å². The number of carboxylic acids is 1. The molecule has 0 fully saturated rings. The van der Waals surface area contributed by atoms with Gasteiger partial charge in [-0.25, -0.2) is 9.78 Å². The first-order chi connectivity index (χ1) is 7.90. The quantitative estimate of drug-likeness (QED) is 0.813. The molecule has 2 rings (SSSR count). The molecule has 7 heteroatoms. The van der Waals surface area contributed by atoms with Crippen molar-refractivity contribution < 1.29 is 9.90 Å². The molecule has 0 spiro atoms. The number of rotatable bonds is 3. The molecule has 17 heavy (non-hydrogen) atoms. The zero-order chi connectivity index (χ0) is 12.6. The van der Waals surface area contributed by atoms with E-state index in [9.17, 15) is 4.79 Å². The van der Waals surface area contributed by atoms with Gasteiger partial charge >= 0.3 is 5.97 Å². The van der Waals surface area contributed by atoms with E-state index in [1.807, 2.05) is 6.92 Å². The molecule has 2 N–H and O–H groups in total. The Balaban J connectivity index is 2.48. The van der Waals surface area contributed by atoms with E-state index in [1.54, 1.807) is 19.9 Å². The minimum atomic E-state index is -1.09. The summed E-state index contributed by atoms with van der Waals surface area (Å²) in [5, 5.41) is 16.0. The second-order valence-electron chi connectivity index (χ2n) is 4.31. The van der Waals surface area contributed by atoms with Crippen LogP contribution in [-0.2, 0) is 4.79 Å². The predicted octanol–water partition coefficient (Wildman–Crippen LogP) is 0.708. The van der Waals surface area contributed by atoms with Gasteiger partial charge in [-0.2, -0.15) is 14.6 Å². The molecule has 0 atom stereocenters. The molecule has 0 aliphatic rings. The highest BCUT2D eigenvalue weighted by molar-refractivity contribution is 5.81. The molecular weight excluding hydrogens is 222 g/mol. The average Bonchev–Trinajstić information content (AvgIpc) is 2.64. The Morgan fingerprint density at radius 3 is 2.88 bits per heavy atom. The standard InChI is InChI=1S/C10H13N5O2/c1-6-4-7(14-10(2,3)8(16)17)15-9(13-6)11-5-12-15/h4-5,14H,1-3H3,(H,16,17). The van der Waals surface area contributed by atoms with E-state index in [2.05, 4.69) is 20.4 Å². The molecule has 7 nitrogen and oxygen atoms in total. The molecule has 0 saturated heterocycles. The summed E-state index contributed by atoms with van der Waals surface area (Å²) in [6.45, 7) is 4.97. The lowest BCUT2D eigenvalue weighted by Gasteiger charge is -2.22. The lowest BCUT2D eigenvalue weighted by Crippen LogP contribution is -2.40. The van der Waals surface area contributed by atoms with Crippen molar-refractivity contribution in [3.8, 4) is 0 Å². The van der Waals surface area contributed by atoms with Gasteiger partial charge in [-0.05, 0) is 20.8 Å². The van der Waals surface area contributed by atoms with Crippen LogP contribution in [0.4, 0.5) is 5.82 Å². The molecule has 0 radical (unpaired) electrons. The Hall–Kier alpha value is -2.18. The number of nitrogens with one attached hydrogen (secondary N) is 1. The van der Waals surface area contributed by atoms with Crippen LogP contribution in [-0.4, -0.2) is 36.2 Å². The number of nitrogens with zero attached hydrogens (tertiary/aromatic N) is 4. The van der Waals surface area contributed by atoms with E-state index in [0.29, 0.717) is 11.6 Å². The molecule has 0 aromatic carbocycles. The van der Waals surface area contributed by atoms with Crippen molar-refractivity contribution in [1.82, 2.24) is 19.6 Å². The van der Waals surface area contributed by atoms with E-state index in [1.165, 1.54) is 10.8 Å². The van der Waals surface area contributed by atoms with Crippen molar-refractivity contribution in [2.45, 2.75) is 26.3 Å². The fourth-order valence-corrected chi connectivity index (χ4v) is 1.39. The molecule has 90 valence electrons. The number of anilines is 1. The van der Waals surface area contributed by atoms with E-state index in [-0.39, 0.29) is 0 Å². The summed E-state index contributed by atoms with van der Waals surface area (Å²) in [4.78, 5) is 19.2. The van der Waals surface area contributed by atoms with Gasteiger partial charge in [0.1, 0.15) is 17.7 Å². The molecule has 0 aliphatic carbocycles. The Morgan fingerprint density at radius 1 is 1.53 bits per heavy atom. The van der Waals surface area contributed by atoms with Crippen molar-refractivity contribution in [3.63, 3.8) is 0 Å². The summed E-state index contributed by atoms with van der Waals surface area (Å²) in [7, 11) is 0. The molecule has 0 unspecified atom stereocenters. The first kappa shape index (κ1) is 11.3. The van der Waals surface area contributed by atoms with Gasteiger partial charge in [0.15, 0.2) is 0 Å². The Morgan fingerprint density at radius 2 is 2.24 bits per heavy atom. The minimum absolute atomic E-state index is 0.439. The normalized spacial score (nSPS) is 11.7. The van der Waals surface area contributed by atoms with Crippen LogP contribution in [0.2, 0.25) is 0 Å². The number of hydrogen-bond acceptors (Lipinski definition) is 5. The highest BCUT2D eigenvalue weighted by atomic mass is 16.4. The van der Waals surface area contributed by atoms with Crippen LogP contribution in [0.3, 0.4) is 0 Å². The van der Waals surface area contributed by atoms with Crippen molar-refractivity contribution in [2.24, 2.45) is 0 Å². The lowest BCUT2D eigenvalue weighted by atomic mass is 10.1. The fourth-order valence-electron chi connectivity index (χ4n) is 1.39. The summed E-state index contributed by atoms with van der Waals surface area (Å²) < 4.78 is 1.47. The van der Waals surface area contributed by atoms with Crippen LogP contribution >= 0.6 is 0 Å². The number of aryl methyl sites for hydroxylation is 1. The van der Waals surface area contributed by atoms with E-state index >= 15 is 0 Å². The summed E-state index contributed by atoms with van der Waals surface area (Å²) in [6.07, 6.45) is 1.38. The van der Waals surface area contributed by atoms with Gasteiger partial charge in [-0.1, -0.05) is 0 Å². The second kappa shape index (κ2) is 3.69. The molecule has 2 aromatic rings. The minimum Gasteiger partial charge on any atom is -0.480 e. The van der Waals surface area contributed by atoms with Gasteiger partial charge in [0.05, 0.1) is 0 Å². The summed E-state index contributed by atoms with van der Waals surface area (Å²) in [5.74, 6) is 0.0475. The fraction of sp³-hybridized carbons (Fsp3) is 0.400. The zero-order valence-corrected chi connectivity index (χ0v) is 9.80. The average molecular weight is 235 g/mol. The van der Waals surface area contributed by atoms with Gasteiger partial charge in [0, 0.05) is 11.8 Å². The molecule has 0 bridgehead atoms. The molecule has 0 amide bonds. The number of aliphatic carboxylic acids is 1. The van der Waals surface area contributed by atoms with Gasteiger partial charge in [0.2, 0.25) is 0 Å². The topological polar surface area (TPSA) is 92.4 Å². The molecular formula is C10H13N5O2. The third-order valence-corrected chi connectivity index (χ3v) is 2.36.